The summed E-state index contributed by atoms with van der Waals surface area (Å²) in [5.41, 5.74) is 1.61. The standard InChI is InChI=1S/C23H37Cl3/c1-23(2,19-20-14-15-21(25)22(26)18-20)16-12-10-8-6-4-3-5-7-9-11-13-17-24/h14-15,18H,3-13,16-17,19H2,1-2H3. The Hall–Kier alpha value is 0.0900. The lowest BCUT2D eigenvalue weighted by Gasteiger charge is -2.25. The highest BCUT2D eigenvalue weighted by Gasteiger charge is 2.18. The second kappa shape index (κ2) is 14.1. The zero-order valence-corrected chi connectivity index (χ0v) is 19.0. The second-order valence-corrected chi connectivity index (χ2v) is 9.61. The van der Waals surface area contributed by atoms with Crippen molar-refractivity contribution in [2.45, 2.75) is 97.3 Å². The van der Waals surface area contributed by atoms with E-state index >= 15 is 0 Å². The van der Waals surface area contributed by atoms with Gasteiger partial charge in [-0.05, 0) is 42.4 Å². The van der Waals surface area contributed by atoms with Crippen molar-refractivity contribution in [1.29, 1.82) is 0 Å². The highest BCUT2D eigenvalue weighted by molar-refractivity contribution is 6.42. The lowest BCUT2D eigenvalue weighted by Crippen LogP contribution is -2.15. The summed E-state index contributed by atoms with van der Waals surface area (Å²) >= 11 is 17.8. The van der Waals surface area contributed by atoms with Gasteiger partial charge in [0.2, 0.25) is 0 Å². The van der Waals surface area contributed by atoms with E-state index in [0.29, 0.717) is 15.5 Å². The van der Waals surface area contributed by atoms with Crippen LogP contribution in [-0.4, -0.2) is 5.88 Å². The molecule has 0 saturated heterocycles. The molecule has 0 N–H and O–H groups in total. The van der Waals surface area contributed by atoms with Crippen molar-refractivity contribution in [3.63, 3.8) is 0 Å². The molecule has 0 atom stereocenters. The summed E-state index contributed by atoms with van der Waals surface area (Å²) in [6, 6.07) is 6.03. The molecule has 0 aliphatic heterocycles. The average molecular weight is 420 g/mol. The van der Waals surface area contributed by atoms with Gasteiger partial charge >= 0.3 is 0 Å². The van der Waals surface area contributed by atoms with Crippen LogP contribution in [0.2, 0.25) is 10.0 Å². The minimum absolute atomic E-state index is 0.320. The smallest absolute Gasteiger partial charge is 0.0595 e. The highest BCUT2D eigenvalue weighted by Crippen LogP contribution is 2.31. The molecule has 1 rings (SSSR count). The molecular weight excluding hydrogens is 383 g/mol. The van der Waals surface area contributed by atoms with Crippen molar-refractivity contribution in [2.75, 3.05) is 5.88 Å². The molecule has 0 aliphatic carbocycles. The Bertz CT molecular complexity index is 482. The van der Waals surface area contributed by atoms with Crippen LogP contribution in [0.4, 0.5) is 0 Å². The largest absolute Gasteiger partial charge is 0.127 e. The molecule has 0 aliphatic rings. The zero-order valence-electron chi connectivity index (χ0n) is 16.8. The first-order valence-electron chi connectivity index (χ1n) is 10.4. The van der Waals surface area contributed by atoms with Crippen molar-refractivity contribution in [1.82, 2.24) is 0 Å². The zero-order chi connectivity index (χ0) is 19.3. The Morgan fingerprint density at radius 2 is 1.19 bits per heavy atom. The molecule has 0 unspecified atom stereocenters. The Kier molecular flexibility index (Phi) is 13.1. The molecule has 1 aromatic rings. The van der Waals surface area contributed by atoms with Crippen LogP contribution in [0, 0.1) is 5.41 Å². The normalized spacial score (nSPS) is 11.9. The summed E-state index contributed by atoms with van der Waals surface area (Å²) < 4.78 is 0. The first kappa shape index (κ1) is 24.1. The predicted molar refractivity (Wildman–Crippen MR) is 120 cm³/mol. The molecule has 0 bridgehead atoms. The fraction of sp³-hybridized carbons (Fsp3) is 0.739. The number of alkyl halides is 1. The molecule has 0 fully saturated rings. The number of unbranched alkanes of at least 4 members (excludes halogenated alkanes) is 10. The van der Waals surface area contributed by atoms with E-state index in [-0.39, 0.29) is 0 Å². The summed E-state index contributed by atoms with van der Waals surface area (Å²) in [5.74, 6) is 0.824. The minimum Gasteiger partial charge on any atom is -0.127 e. The van der Waals surface area contributed by atoms with Gasteiger partial charge in [-0.2, -0.15) is 0 Å². The third-order valence-corrected chi connectivity index (χ3v) is 6.16. The van der Waals surface area contributed by atoms with Crippen LogP contribution in [0.15, 0.2) is 18.2 Å². The van der Waals surface area contributed by atoms with Gasteiger partial charge in [0.25, 0.3) is 0 Å². The molecule has 3 heteroatoms. The molecule has 0 saturated carbocycles. The summed E-state index contributed by atoms with van der Waals surface area (Å²) in [6.07, 6.45) is 17.3. The molecule has 0 radical (unpaired) electrons. The van der Waals surface area contributed by atoms with E-state index in [1.54, 1.807) is 0 Å². The Labute approximate surface area is 177 Å². The molecule has 0 amide bonds. The molecule has 1 aromatic carbocycles. The maximum Gasteiger partial charge on any atom is 0.0595 e. The van der Waals surface area contributed by atoms with Gasteiger partial charge in [0.1, 0.15) is 0 Å². The number of hydrogen-bond acceptors (Lipinski definition) is 0. The molecule has 0 heterocycles. The summed E-state index contributed by atoms with van der Waals surface area (Å²) in [7, 11) is 0. The van der Waals surface area contributed by atoms with E-state index < -0.39 is 0 Å². The Morgan fingerprint density at radius 1 is 0.692 bits per heavy atom. The van der Waals surface area contributed by atoms with Gasteiger partial charge in [-0.3, -0.25) is 0 Å². The first-order valence-corrected chi connectivity index (χ1v) is 11.7. The lowest BCUT2D eigenvalue weighted by molar-refractivity contribution is 0.316. The maximum atomic E-state index is 6.13. The van der Waals surface area contributed by atoms with Crippen LogP contribution in [0.5, 0.6) is 0 Å². The molecule has 150 valence electrons. The van der Waals surface area contributed by atoms with E-state index in [4.69, 9.17) is 34.8 Å². The van der Waals surface area contributed by atoms with Crippen molar-refractivity contribution < 1.29 is 0 Å². The summed E-state index contributed by atoms with van der Waals surface area (Å²) in [5, 5.41) is 1.31. The van der Waals surface area contributed by atoms with Crippen molar-refractivity contribution in [3.8, 4) is 0 Å². The molecule has 0 spiro atoms. The Balaban J connectivity index is 2.03. The van der Waals surface area contributed by atoms with Gasteiger partial charge in [-0.25, -0.2) is 0 Å². The summed E-state index contributed by atoms with van der Waals surface area (Å²) in [4.78, 5) is 0. The van der Waals surface area contributed by atoms with Gasteiger partial charge in [-0.1, -0.05) is 107 Å². The third kappa shape index (κ3) is 11.7. The number of hydrogen-bond donors (Lipinski definition) is 0. The fourth-order valence-corrected chi connectivity index (χ4v) is 4.09. The predicted octanol–water partition coefficient (Wildman–Crippen LogP) is 9.48. The second-order valence-electron chi connectivity index (χ2n) is 8.42. The van der Waals surface area contributed by atoms with Gasteiger partial charge in [0.15, 0.2) is 0 Å². The monoisotopic (exact) mass is 418 g/mol. The number of benzene rings is 1. The highest BCUT2D eigenvalue weighted by atomic mass is 35.5. The SMILES string of the molecule is CC(C)(CCCCCCCCCCCCCCl)Cc1ccc(Cl)c(Cl)c1. The van der Waals surface area contributed by atoms with E-state index in [9.17, 15) is 0 Å². The van der Waals surface area contributed by atoms with Crippen LogP contribution < -0.4 is 0 Å². The van der Waals surface area contributed by atoms with Gasteiger partial charge in [-0.15, -0.1) is 11.6 Å². The molecule has 0 nitrogen and oxygen atoms in total. The quantitative estimate of drug-likeness (QED) is 0.196. The molecule has 26 heavy (non-hydrogen) atoms. The van der Waals surface area contributed by atoms with Crippen LogP contribution in [0.25, 0.3) is 0 Å². The van der Waals surface area contributed by atoms with Crippen LogP contribution >= 0.6 is 34.8 Å². The lowest BCUT2D eigenvalue weighted by atomic mass is 9.81. The number of rotatable bonds is 15. The van der Waals surface area contributed by atoms with Crippen molar-refractivity contribution in [2.24, 2.45) is 5.41 Å². The minimum atomic E-state index is 0.320. The maximum absolute atomic E-state index is 6.13. The Morgan fingerprint density at radius 3 is 1.69 bits per heavy atom. The topological polar surface area (TPSA) is 0 Å². The molecular formula is C23H37Cl3. The van der Waals surface area contributed by atoms with E-state index in [2.05, 4.69) is 19.9 Å². The van der Waals surface area contributed by atoms with Crippen LogP contribution in [-0.2, 0) is 6.42 Å². The van der Waals surface area contributed by atoms with E-state index in [1.165, 1.54) is 82.6 Å². The average Bonchev–Trinajstić information content (AvgIpc) is 2.59. The fourth-order valence-electron chi connectivity index (χ4n) is 3.58. The van der Waals surface area contributed by atoms with E-state index in [0.717, 1.165) is 12.3 Å². The van der Waals surface area contributed by atoms with Gasteiger partial charge in [0, 0.05) is 5.88 Å². The van der Waals surface area contributed by atoms with E-state index in [1.807, 2.05) is 12.1 Å². The molecule has 0 aromatic heterocycles. The van der Waals surface area contributed by atoms with Crippen LogP contribution in [0.1, 0.15) is 96.5 Å². The van der Waals surface area contributed by atoms with Gasteiger partial charge in [0.05, 0.1) is 10.0 Å². The van der Waals surface area contributed by atoms with Crippen molar-refractivity contribution in [3.05, 3.63) is 33.8 Å². The van der Waals surface area contributed by atoms with Crippen molar-refractivity contribution >= 4 is 34.8 Å². The third-order valence-electron chi connectivity index (χ3n) is 5.15. The van der Waals surface area contributed by atoms with Crippen LogP contribution in [0.3, 0.4) is 0 Å². The van der Waals surface area contributed by atoms with Gasteiger partial charge < -0.3 is 0 Å². The first-order chi connectivity index (χ1) is 12.4. The number of halogens is 3. The summed E-state index contributed by atoms with van der Waals surface area (Å²) in [6.45, 7) is 4.72.